The minimum atomic E-state index is -0.542. The minimum absolute atomic E-state index is 0.0808. The van der Waals surface area contributed by atoms with Crippen molar-refractivity contribution in [1.82, 2.24) is 10.2 Å². The highest BCUT2D eigenvalue weighted by atomic mass is 35.5. The number of amides is 2. The molecule has 5 nitrogen and oxygen atoms in total. The number of halogens is 1. The molecular weight excluding hydrogens is 424 g/mol. The van der Waals surface area contributed by atoms with Crippen LogP contribution in [-0.2, 0) is 16.1 Å². The molecular formula is C26H33ClN2O3. The summed E-state index contributed by atoms with van der Waals surface area (Å²) in [5.41, 5.74) is 3.00. The van der Waals surface area contributed by atoms with Gasteiger partial charge < -0.3 is 15.0 Å². The third kappa shape index (κ3) is 6.49. The maximum Gasteiger partial charge on any atom is 0.261 e. The highest BCUT2D eigenvalue weighted by molar-refractivity contribution is 6.31. The molecule has 2 amide bonds. The maximum absolute atomic E-state index is 13.3. The SMILES string of the molecule is CC[C@@H](C(=O)NC1CCCC1)N(Cc1cccc(C)c1)C(=O)COc1ccc(Cl)c(C)c1. The average molecular weight is 457 g/mol. The van der Waals surface area contributed by atoms with Gasteiger partial charge in [-0.1, -0.05) is 61.2 Å². The second-order valence-corrected chi connectivity index (χ2v) is 9.03. The first kappa shape index (κ1) is 24.1. The summed E-state index contributed by atoms with van der Waals surface area (Å²) in [7, 11) is 0. The lowest BCUT2D eigenvalue weighted by atomic mass is 10.1. The summed E-state index contributed by atoms with van der Waals surface area (Å²) < 4.78 is 5.77. The number of benzene rings is 2. The first-order valence-corrected chi connectivity index (χ1v) is 11.8. The summed E-state index contributed by atoms with van der Waals surface area (Å²) in [5, 5.41) is 3.81. The van der Waals surface area contributed by atoms with Gasteiger partial charge in [-0.15, -0.1) is 0 Å². The van der Waals surface area contributed by atoms with E-state index in [1.807, 2.05) is 51.1 Å². The van der Waals surface area contributed by atoms with Gasteiger partial charge in [-0.3, -0.25) is 9.59 Å². The number of ether oxygens (including phenoxy) is 1. The highest BCUT2D eigenvalue weighted by Gasteiger charge is 2.30. The fourth-order valence-electron chi connectivity index (χ4n) is 4.23. The lowest BCUT2D eigenvalue weighted by molar-refractivity contribution is -0.143. The third-order valence-corrected chi connectivity index (χ3v) is 6.44. The Morgan fingerprint density at radius 2 is 1.91 bits per heavy atom. The Morgan fingerprint density at radius 3 is 2.56 bits per heavy atom. The zero-order valence-electron chi connectivity index (χ0n) is 19.2. The van der Waals surface area contributed by atoms with E-state index in [1.54, 1.807) is 17.0 Å². The van der Waals surface area contributed by atoms with E-state index in [9.17, 15) is 9.59 Å². The number of nitrogens with one attached hydrogen (secondary N) is 1. The molecule has 1 saturated carbocycles. The molecule has 0 bridgehead atoms. The van der Waals surface area contributed by atoms with Crippen molar-refractivity contribution in [1.29, 1.82) is 0 Å². The molecule has 1 aliphatic rings. The summed E-state index contributed by atoms with van der Waals surface area (Å²) >= 11 is 6.09. The van der Waals surface area contributed by atoms with E-state index in [-0.39, 0.29) is 24.5 Å². The molecule has 0 aliphatic heterocycles. The summed E-state index contributed by atoms with van der Waals surface area (Å²) in [5.74, 6) is 0.287. The quantitative estimate of drug-likeness (QED) is 0.564. The molecule has 0 spiro atoms. The predicted octanol–water partition coefficient (Wildman–Crippen LogP) is 5.20. The zero-order valence-corrected chi connectivity index (χ0v) is 20.0. The molecule has 1 N–H and O–H groups in total. The van der Waals surface area contributed by atoms with Gasteiger partial charge in [0.2, 0.25) is 5.91 Å². The van der Waals surface area contributed by atoms with Crippen molar-refractivity contribution in [2.45, 2.75) is 71.5 Å². The number of hydrogen-bond donors (Lipinski definition) is 1. The van der Waals surface area contributed by atoms with Crippen LogP contribution < -0.4 is 10.1 Å². The van der Waals surface area contributed by atoms with E-state index in [4.69, 9.17) is 16.3 Å². The van der Waals surface area contributed by atoms with Gasteiger partial charge in [0.15, 0.2) is 6.61 Å². The molecule has 1 aliphatic carbocycles. The van der Waals surface area contributed by atoms with Gasteiger partial charge in [0.05, 0.1) is 0 Å². The molecule has 3 rings (SSSR count). The molecule has 6 heteroatoms. The van der Waals surface area contributed by atoms with Crippen LogP contribution in [0.5, 0.6) is 5.75 Å². The molecule has 1 atom stereocenters. The van der Waals surface area contributed by atoms with Crippen LogP contribution in [0.1, 0.15) is 55.7 Å². The van der Waals surface area contributed by atoms with E-state index in [1.165, 1.54) is 0 Å². The van der Waals surface area contributed by atoms with E-state index in [0.29, 0.717) is 23.7 Å². The monoisotopic (exact) mass is 456 g/mol. The minimum Gasteiger partial charge on any atom is -0.484 e. The van der Waals surface area contributed by atoms with Crippen LogP contribution in [0.2, 0.25) is 5.02 Å². The lowest BCUT2D eigenvalue weighted by Crippen LogP contribution is -2.52. The Bertz CT molecular complexity index is 940. The Balaban J connectivity index is 1.76. The molecule has 0 heterocycles. The van der Waals surface area contributed by atoms with Gasteiger partial charge in [-0.25, -0.2) is 0 Å². The number of hydrogen-bond acceptors (Lipinski definition) is 3. The largest absolute Gasteiger partial charge is 0.484 e. The summed E-state index contributed by atoms with van der Waals surface area (Å²) in [6, 6.07) is 13.0. The van der Waals surface area contributed by atoms with Crippen LogP contribution in [0.3, 0.4) is 0 Å². The van der Waals surface area contributed by atoms with Crippen molar-refractivity contribution in [3.05, 3.63) is 64.2 Å². The first-order chi connectivity index (χ1) is 15.4. The Morgan fingerprint density at radius 1 is 1.16 bits per heavy atom. The molecule has 0 saturated heterocycles. The maximum atomic E-state index is 13.3. The van der Waals surface area contributed by atoms with Crippen LogP contribution in [0.4, 0.5) is 0 Å². The van der Waals surface area contributed by atoms with Crippen LogP contribution in [-0.4, -0.2) is 35.4 Å². The molecule has 0 unspecified atom stereocenters. The number of nitrogens with zero attached hydrogens (tertiary/aromatic N) is 1. The molecule has 0 aromatic heterocycles. The van der Waals surface area contributed by atoms with E-state index >= 15 is 0 Å². The standard InChI is InChI=1S/C26H33ClN2O3/c1-4-24(26(31)28-21-10-5-6-11-21)29(16-20-9-7-8-18(2)14-20)25(30)17-32-22-12-13-23(27)19(3)15-22/h7-9,12-15,21,24H,4-6,10-11,16-17H2,1-3H3,(H,28,31)/t24-/m0/s1. The number of aryl methyl sites for hydroxylation is 2. The second kappa shape index (κ2) is 11.4. The topological polar surface area (TPSA) is 58.6 Å². The van der Waals surface area contributed by atoms with Crippen LogP contribution in [0.15, 0.2) is 42.5 Å². The second-order valence-electron chi connectivity index (χ2n) is 8.62. The molecule has 32 heavy (non-hydrogen) atoms. The van der Waals surface area contributed by atoms with Crippen molar-refractivity contribution in [3.63, 3.8) is 0 Å². The lowest BCUT2D eigenvalue weighted by Gasteiger charge is -2.31. The van der Waals surface area contributed by atoms with Gasteiger partial charge in [-0.2, -0.15) is 0 Å². The molecule has 172 valence electrons. The molecule has 2 aromatic rings. The van der Waals surface area contributed by atoms with Gasteiger partial charge >= 0.3 is 0 Å². The van der Waals surface area contributed by atoms with E-state index in [2.05, 4.69) is 5.32 Å². The molecule has 2 aromatic carbocycles. The number of rotatable bonds is 9. The number of carbonyl (C=O) groups excluding carboxylic acids is 2. The van der Waals surface area contributed by atoms with Crippen LogP contribution >= 0.6 is 11.6 Å². The Kier molecular flexibility index (Phi) is 8.57. The van der Waals surface area contributed by atoms with Crippen LogP contribution in [0, 0.1) is 13.8 Å². The Labute approximate surface area is 196 Å². The van der Waals surface area contributed by atoms with Crippen molar-refractivity contribution >= 4 is 23.4 Å². The third-order valence-electron chi connectivity index (χ3n) is 6.01. The van der Waals surface area contributed by atoms with E-state index < -0.39 is 6.04 Å². The summed E-state index contributed by atoms with van der Waals surface area (Å²) in [4.78, 5) is 28.1. The van der Waals surface area contributed by atoms with E-state index in [0.717, 1.165) is 42.4 Å². The normalized spacial score (nSPS) is 14.8. The van der Waals surface area contributed by atoms with Gasteiger partial charge in [0.1, 0.15) is 11.8 Å². The fraction of sp³-hybridized carbons (Fsp3) is 0.462. The van der Waals surface area contributed by atoms with Crippen LogP contribution in [0.25, 0.3) is 0 Å². The smallest absolute Gasteiger partial charge is 0.261 e. The van der Waals surface area contributed by atoms with Crippen molar-refractivity contribution in [3.8, 4) is 5.75 Å². The first-order valence-electron chi connectivity index (χ1n) is 11.4. The van der Waals surface area contributed by atoms with Crippen molar-refractivity contribution in [2.75, 3.05) is 6.61 Å². The van der Waals surface area contributed by atoms with Gasteiger partial charge in [0.25, 0.3) is 5.91 Å². The average Bonchev–Trinajstić information content (AvgIpc) is 3.27. The van der Waals surface area contributed by atoms with Gasteiger partial charge in [0, 0.05) is 17.6 Å². The molecule has 0 radical (unpaired) electrons. The molecule has 1 fully saturated rings. The van der Waals surface area contributed by atoms with Gasteiger partial charge in [-0.05, 0) is 62.4 Å². The summed E-state index contributed by atoms with van der Waals surface area (Å²) in [6.45, 7) is 6.08. The summed E-state index contributed by atoms with van der Waals surface area (Å²) in [6.07, 6.45) is 4.83. The zero-order chi connectivity index (χ0) is 23.1. The number of carbonyl (C=O) groups is 2. The van der Waals surface area contributed by atoms with Crippen molar-refractivity contribution < 1.29 is 14.3 Å². The van der Waals surface area contributed by atoms with Crippen molar-refractivity contribution in [2.24, 2.45) is 0 Å². The highest BCUT2D eigenvalue weighted by Crippen LogP contribution is 2.22. The Hall–Kier alpha value is -2.53. The predicted molar refractivity (Wildman–Crippen MR) is 128 cm³/mol. The fourth-order valence-corrected chi connectivity index (χ4v) is 4.35.